The fraction of sp³-hybridized carbons (Fsp3) is 0.263. The molecule has 0 fully saturated rings. The number of rotatable bonds is 7. The first-order valence-electron chi connectivity index (χ1n) is 8.25. The van der Waals surface area contributed by atoms with E-state index in [1.165, 1.54) is 4.90 Å². The summed E-state index contributed by atoms with van der Waals surface area (Å²) in [6.07, 6.45) is 0. The van der Waals surface area contributed by atoms with E-state index in [4.69, 9.17) is 28.9 Å². The molecule has 0 spiro atoms. The highest BCUT2D eigenvalue weighted by Crippen LogP contribution is 2.29. The van der Waals surface area contributed by atoms with Crippen LogP contribution >= 0.6 is 23.2 Å². The molecule has 2 aromatic rings. The molecule has 0 aliphatic carbocycles. The number of nitrogens with zero attached hydrogens (tertiary/aromatic N) is 1. The van der Waals surface area contributed by atoms with Gasteiger partial charge in [0.15, 0.2) is 0 Å². The molecular weight excluding hydrogens is 373 g/mol. The van der Waals surface area contributed by atoms with Gasteiger partial charge in [-0.1, -0.05) is 59.6 Å². The van der Waals surface area contributed by atoms with Crippen molar-refractivity contribution in [3.8, 4) is 0 Å². The molecule has 0 bridgehead atoms. The van der Waals surface area contributed by atoms with Crippen LogP contribution in [0.3, 0.4) is 0 Å². The van der Waals surface area contributed by atoms with Gasteiger partial charge in [0.25, 0.3) is 0 Å². The summed E-state index contributed by atoms with van der Waals surface area (Å²) in [5.74, 6) is -1.06. The normalized spacial score (nSPS) is 11.7. The van der Waals surface area contributed by atoms with E-state index in [1.54, 1.807) is 18.2 Å². The van der Waals surface area contributed by atoms with Gasteiger partial charge >= 0.3 is 0 Å². The minimum atomic E-state index is -0.493. The molecule has 0 saturated heterocycles. The number of nitrogens with two attached hydrogens (primary N) is 1. The van der Waals surface area contributed by atoms with Gasteiger partial charge in [0.2, 0.25) is 11.8 Å². The molecule has 0 radical (unpaired) electrons. The first-order chi connectivity index (χ1) is 12.5. The summed E-state index contributed by atoms with van der Waals surface area (Å²) in [6.45, 7) is 2.25. The zero-order chi connectivity index (χ0) is 19.1. The minimum Gasteiger partial charge on any atom is -0.333 e. The van der Waals surface area contributed by atoms with Crippen molar-refractivity contribution in [1.82, 2.24) is 4.90 Å². The van der Waals surface area contributed by atoms with Gasteiger partial charge in [0, 0.05) is 13.1 Å². The topological polar surface area (TPSA) is 75.4 Å². The van der Waals surface area contributed by atoms with E-state index in [0.29, 0.717) is 22.3 Å². The number of amides is 2. The Kier molecular flexibility index (Phi) is 7.45. The molecule has 2 rings (SSSR count). The van der Waals surface area contributed by atoms with E-state index in [0.717, 1.165) is 5.56 Å². The maximum Gasteiger partial charge on any atom is 0.244 e. The van der Waals surface area contributed by atoms with E-state index in [-0.39, 0.29) is 24.9 Å². The second-order valence-electron chi connectivity index (χ2n) is 5.70. The van der Waals surface area contributed by atoms with Crippen molar-refractivity contribution in [3.05, 3.63) is 64.1 Å². The van der Waals surface area contributed by atoms with E-state index < -0.39 is 5.92 Å². The number of para-hydroxylation sites is 1. The van der Waals surface area contributed by atoms with Crippen LogP contribution in [0.5, 0.6) is 0 Å². The predicted octanol–water partition coefficient (Wildman–Crippen LogP) is 3.52. The molecule has 1 atom stereocenters. The Morgan fingerprint density at radius 2 is 1.69 bits per heavy atom. The van der Waals surface area contributed by atoms with Crippen molar-refractivity contribution >= 4 is 40.7 Å². The van der Waals surface area contributed by atoms with Crippen LogP contribution in [0.15, 0.2) is 48.5 Å². The van der Waals surface area contributed by atoms with E-state index in [2.05, 4.69) is 5.32 Å². The van der Waals surface area contributed by atoms with Crippen LogP contribution in [-0.4, -0.2) is 36.3 Å². The van der Waals surface area contributed by atoms with Crippen molar-refractivity contribution in [2.24, 2.45) is 5.73 Å². The summed E-state index contributed by atoms with van der Waals surface area (Å²) < 4.78 is 0. The van der Waals surface area contributed by atoms with Gasteiger partial charge in [0.1, 0.15) is 0 Å². The van der Waals surface area contributed by atoms with Gasteiger partial charge in [-0.25, -0.2) is 0 Å². The van der Waals surface area contributed by atoms with Gasteiger partial charge in [-0.05, 0) is 24.6 Å². The van der Waals surface area contributed by atoms with Gasteiger partial charge in [-0.2, -0.15) is 0 Å². The highest BCUT2D eigenvalue weighted by atomic mass is 35.5. The number of carbonyl (C=O) groups is 2. The van der Waals surface area contributed by atoms with E-state index >= 15 is 0 Å². The summed E-state index contributed by atoms with van der Waals surface area (Å²) >= 11 is 12.1. The van der Waals surface area contributed by atoms with Gasteiger partial charge in [-0.15, -0.1) is 0 Å². The number of hydrogen-bond donors (Lipinski definition) is 2. The Morgan fingerprint density at radius 3 is 2.23 bits per heavy atom. The number of likely N-dealkylation sites (N-methyl/N-ethyl adjacent to an activating group) is 1. The maximum absolute atomic E-state index is 12.8. The molecule has 26 heavy (non-hydrogen) atoms. The maximum atomic E-state index is 12.8. The van der Waals surface area contributed by atoms with Crippen LogP contribution in [0, 0.1) is 0 Å². The molecule has 0 aliphatic rings. The van der Waals surface area contributed by atoms with Gasteiger partial charge in [-0.3, -0.25) is 9.59 Å². The molecule has 2 amide bonds. The van der Waals surface area contributed by atoms with Crippen molar-refractivity contribution in [1.29, 1.82) is 0 Å². The smallest absolute Gasteiger partial charge is 0.244 e. The lowest BCUT2D eigenvalue weighted by Crippen LogP contribution is -2.42. The predicted molar refractivity (Wildman–Crippen MR) is 106 cm³/mol. The Balaban J connectivity index is 2.10. The van der Waals surface area contributed by atoms with Crippen molar-refractivity contribution in [3.63, 3.8) is 0 Å². The quantitative estimate of drug-likeness (QED) is 0.755. The lowest BCUT2D eigenvalue weighted by atomic mass is 9.97. The first-order valence-corrected chi connectivity index (χ1v) is 9.01. The summed E-state index contributed by atoms with van der Waals surface area (Å²) in [5, 5.41) is 3.34. The Bertz CT molecular complexity index is 748. The van der Waals surface area contributed by atoms with Crippen LogP contribution in [-0.2, 0) is 9.59 Å². The molecule has 0 saturated carbocycles. The number of benzene rings is 2. The summed E-state index contributed by atoms with van der Waals surface area (Å²) in [6, 6.07) is 14.2. The number of anilines is 1. The molecule has 0 heterocycles. The average molecular weight is 394 g/mol. The zero-order valence-corrected chi connectivity index (χ0v) is 15.9. The molecule has 2 aromatic carbocycles. The molecule has 7 heteroatoms. The fourth-order valence-corrected chi connectivity index (χ4v) is 3.09. The van der Waals surface area contributed by atoms with Crippen molar-refractivity contribution in [2.45, 2.75) is 12.8 Å². The van der Waals surface area contributed by atoms with Crippen LogP contribution < -0.4 is 11.1 Å². The number of carbonyl (C=O) groups excluding carboxylic acids is 2. The summed E-state index contributed by atoms with van der Waals surface area (Å²) in [7, 11) is 0. The zero-order valence-electron chi connectivity index (χ0n) is 14.4. The molecule has 5 nitrogen and oxygen atoms in total. The Morgan fingerprint density at radius 1 is 1.08 bits per heavy atom. The van der Waals surface area contributed by atoms with Gasteiger partial charge in [0.05, 0.1) is 28.2 Å². The number of hydrogen-bond acceptors (Lipinski definition) is 3. The molecule has 3 N–H and O–H groups in total. The monoisotopic (exact) mass is 393 g/mol. The molecule has 0 aromatic heterocycles. The minimum absolute atomic E-state index is 0.111. The Labute approximate surface area is 163 Å². The summed E-state index contributed by atoms with van der Waals surface area (Å²) in [5.41, 5.74) is 6.97. The first kappa shape index (κ1) is 20.2. The van der Waals surface area contributed by atoms with E-state index in [1.807, 2.05) is 37.3 Å². The number of nitrogens with one attached hydrogen (secondary N) is 1. The van der Waals surface area contributed by atoms with E-state index in [9.17, 15) is 9.59 Å². The highest BCUT2D eigenvalue weighted by Gasteiger charge is 2.25. The van der Waals surface area contributed by atoms with Crippen LogP contribution in [0.2, 0.25) is 10.0 Å². The standard InChI is InChI=1S/C19H21Cl2N3O2/c1-2-24(19(26)14(11-22)13-7-4-3-5-8-13)12-17(25)23-18-15(20)9-6-10-16(18)21/h3-10,14H,2,11-12,22H2,1H3,(H,23,25). The van der Waals surface area contributed by atoms with Crippen LogP contribution in [0.25, 0.3) is 0 Å². The lowest BCUT2D eigenvalue weighted by molar-refractivity contribution is -0.135. The van der Waals surface area contributed by atoms with Gasteiger partial charge < -0.3 is 16.0 Å². The Hall–Kier alpha value is -2.08. The third-order valence-corrected chi connectivity index (χ3v) is 4.62. The van der Waals surface area contributed by atoms with Crippen LogP contribution in [0.4, 0.5) is 5.69 Å². The molecule has 138 valence electrons. The third-order valence-electron chi connectivity index (χ3n) is 3.99. The second-order valence-corrected chi connectivity index (χ2v) is 6.51. The highest BCUT2D eigenvalue weighted by molar-refractivity contribution is 6.39. The van der Waals surface area contributed by atoms with Crippen molar-refractivity contribution < 1.29 is 9.59 Å². The molecule has 0 aliphatic heterocycles. The molecule has 1 unspecified atom stereocenters. The fourth-order valence-electron chi connectivity index (χ4n) is 2.60. The SMILES string of the molecule is CCN(CC(=O)Nc1c(Cl)cccc1Cl)C(=O)C(CN)c1ccccc1. The van der Waals surface area contributed by atoms with Crippen molar-refractivity contribution in [2.75, 3.05) is 25.0 Å². The molecular formula is C19H21Cl2N3O2. The summed E-state index contributed by atoms with van der Waals surface area (Å²) in [4.78, 5) is 26.7. The average Bonchev–Trinajstić information content (AvgIpc) is 2.64. The number of halogens is 2. The van der Waals surface area contributed by atoms with Crippen LogP contribution in [0.1, 0.15) is 18.4 Å². The second kappa shape index (κ2) is 9.57. The third kappa shape index (κ3) is 4.97. The largest absolute Gasteiger partial charge is 0.333 e. The lowest BCUT2D eigenvalue weighted by Gasteiger charge is -2.25.